The van der Waals surface area contributed by atoms with E-state index < -0.39 is 35.7 Å². The van der Waals surface area contributed by atoms with Gasteiger partial charge in [0.15, 0.2) is 0 Å². The fraction of sp³-hybridized carbons (Fsp3) is 0.423. The Hall–Kier alpha value is -3.39. The van der Waals surface area contributed by atoms with Crippen LogP contribution in [0.2, 0.25) is 0 Å². The van der Waals surface area contributed by atoms with Crippen LogP contribution in [0, 0.1) is 0 Å². The number of amides is 2. The number of aliphatic carboxylic acids is 1. The molecule has 8 nitrogen and oxygen atoms in total. The zero-order chi connectivity index (χ0) is 24.9. The molecule has 2 aromatic carbocycles. The number of carboxylic acid groups (broad SMARTS) is 1. The van der Waals surface area contributed by atoms with Crippen LogP contribution in [0.5, 0.6) is 0 Å². The molecule has 8 heteroatoms. The first-order chi connectivity index (χ1) is 16.1. The zero-order valence-electron chi connectivity index (χ0n) is 20.0. The van der Waals surface area contributed by atoms with Crippen molar-refractivity contribution >= 4 is 18.0 Å². The van der Waals surface area contributed by atoms with Gasteiger partial charge >= 0.3 is 12.1 Å². The van der Waals surface area contributed by atoms with Crippen molar-refractivity contribution in [2.45, 2.75) is 57.2 Å². The number of rotatable bonds is 10. The molecule has 0 bridgehead atoms. The molecule has 0 saturated heterocycles. The lowest BCUT2D eigenvalue weighted by Gasteiger charge is -2.30. The van der Waals surface area contributed by atoms with E-state index in [0.29, 0.717) is 0 Å². The van der Waals surface area contributed by atoms with E-state index in [1.165, 1.54) is 7.11 Å². The maximum atomic E-state index is 12.9. The van der Waals surface area contributed by atoms with E-state index in [0.717, 1.165) is 22.3 Å². The average Bonchev–Trinajstić information content (AvgIpc) is 3.13. The van der Waals surface area contributed by atoms with Crippen LogP contribution in [0.4, 0.5) is 4.79 Å². The first-order valence-corrected chi connectivity index (χ1v) is 11.3. The number of carbonyl (C=O) groups excluding carboxylic acids is 2. The van der Waals surface area contributed by atoms with Gasteiger partial charge in [0.05, 0.1) is 6.10 Å². The molecule has 0 aromatic heterocycles. The molecule has 1 aliphatic rings. The van der Waals surface area contributed by atoms with Gasteiger partial charge in [-0.2, -0.15) is 0 Å². The highest BCUT2D eigenvalue weighted by Crippen LogP contribution is 2.44. The lowest BCUT2D eigenvalue weighted by atomic mass is 9.97. The number of alkyl carbamates (subject to hydrolysis) is 1. The summed E-state index contributed by atoms with van der Waals surface area (Å²) in [5.74, 6) is -1.51. The summed E-state index contributed by atoms with van der Waals surface area (Å²) in [7, 11) is 1.44. The van der Waals surface area contributed by atoms with E-state index >= 15 is 0 Å². The molecule has 0 heterocycles. The smallest absolute Gasteiger partial charge is 0.407 e. The van der Waals surface area contributed by atoms with E-state index in [1.807, 2.05) is 36.4 Å². The van der Waals surface area contributed by atoms with E-state index in [4.69, 9.17) is 14.6 Å². The van der Waals surface area contributed by atoms with Gasteiger partial charge in [-0.25, -0.2) is 4.79 Å². The van der Waals surface area contributed by atoms with Gasteiger partial charge in [0, 0.05) is 25.0 Å². The van der Waals surface area contributed by atoms with Gasteiger partial charge in [-0.05, 0) is 49.4 Å². The molecular weight excluding hydrogens is 436 g/mol. The van der Waals surface area contributed by atoms with Crippen LogP contribution in [-0.4, -0.2) is 54.5 Å². The highest BCUT2D eigenvalue weighted by molar-refractivity contribution is 5.87. The number of nitrogens with one attached hydrogen (secondary N) is 2. The van der Waals surface area contributed by atoms with Crippen molar-refractivity contribution < 1.29 is 29.0 Å². The Morgan fingerprint density at radius 3 is 2.12 bits per heavy atom. The predicted molar refractivity (Wildman–Crippen MR) is 128 cm³/mol. The topological polar surface area (TPSA) is 114 Å². The Bertz CT molecular complexity index is 1010. The van der Waals surface area contributed by atoms with Gasteiger partial charge in [-0.1, -0.05) is 48.5 Å². The van der Waals surface area contributed by atoms with Crippen molar-refractivity contribution in [2.24, 2.45) is 0 Å². The number of benzene rings is 2. The molecule has 0 spiro atoms. The van der Waals surface area contributed by atoms with E-state index in [9.17, 15) is 14.4 Å². The molecule has 0 fully saturated rings. The molecule has 34 heavy (non-hydrogen) atoms. The number of methoxy groups -OCH3 is 1. The summed E-state index contributed by atoms with van der Waals surface area (Å²) in [6.45, 7) is 5.25. The van der Waals surface area contributed by atoms with Crippen molar-refractivity contribution in [3.05, 3.63) is 59.7 Å². The van der Waals surface area contributed by atoms with Crippen molar-refractivity contribution in [1.29, 1.82) is 0 Å². The van der Waals surface area contributed by atoms with E-state index in [-0.39, 0.29) is 25.4 Å². The number of carboxylic acids is 1. The van der Waals surface area contributed by atoms with Gasteiger partial charge in [-0.3, -0.25) is 9.59 Å². The summed E-state index contributed by atoms with van der Waals surface area (Å²) in [5.41, 5.74) is 3.67. The number of hydrogen-bond acceptors (Lipinski definition) is 5. The van der Waals surface area contributed by atoms with Crippen LogP contribution in [0.25, 0.3) is 11.1 Å². The zero-order valence-corrected chi connectivity index (χ0v) is 20.0. The second kappa shape index (κ2) is 10.7. The Kier molecular flexibility index (Phi) is 7.94. The van der Waals surface area contributed by atoms with Gasteiger partial charge in [0.2, 0.25) is 5.91 Å². The Labute approximate surface area is 199 Å². The quantitative estimate of drug-likeness (QED) is 0.490. The lowest BCUT2D eigenvalue weighted by Crippen LogP contribution is -2.57. The fourth-order valence-electron chi connectivity index (χ4n) is 4.19. The molecule has 0 unspecified atom stereocenters. The molecule has 2 aromatic rings. The van der Waals surface area contributed by atoms with Crippen LogP contribution in [0.3, 0.4) is 0 Å². The van der Waals surface area contributed by atoms with Gasteiger partial charge in [0.1, 0.15) is 12.6 Å². The molecular formula is C26H32N2O6. The van der Waals surface area contributed by atoms with Crippen LogP contribution in [-0.2, 0) is 19.1 Å². The minimum absolute atomic E-state index is 0.0857. The third-order valence-electron chi connectivity index (χ3n) is 6.17. The highest BCUT2D eigenvalue weighted by atomic mass is 16.5. The second-order valence-corrected chi connectivity index (χ2v) is 9.16. The molecule has 2 atom stereocenters. The monoisotopic (exact) mass is 468 g/mol. The molecule has 3 N–H and O–H groups in total. The van der Waals surface area contributed by atoms with Gasteiger partial charge in [-0.15, -0.1) is 0 Å². The molecule has 0 radical (unpaired) electrons. The molecule has 3 rings (SSSR count). The first-order valence-electron chi connectivity index (χ1n) is 11.3. The third-order valence-corrected chi connectivity index (χ3v) is 6.17. The van der Waals surface area contributed by atoms with Crippen LogP contribution < -0.4 is 10.6 Å². The van der Waals surface area contributed by atoms with E-state index in [1.54, 1.807) is 20.8 Å². The summed E-state index contributed by atoms with van der Waals surface area (Å²) in [5, 5.41) is 14.3. The van der Waals surface area contributed by atoms with Crippen LogP contribution in [0.15, 0.2) is 48.5 Å². The van der Waals surface area contributed by atoms with Crippen molar-refractivity contribution in [3.63, 3.8) is 0 Å². The normalized spacial score (nSPS) is 14.5. The van der Waals surface area contributed by atoms with Crippen LogP contribution >= 0.6 is 0 Å². The highest BCUT2D eigenvalue weighted by Gasteiger charge is 2.33. The minimum atomic E-state index is -1.01. The Morgan fingerprint density at radius 2 is 1.59 bits per heavy atom. The second-order valence-electron chi connectivity index (χ2n) is 9.16. The third kappa shape index (κ3) is 5.94. The molecule has 2 amide bonds. The summed E-state index contributed by atoms with van der Waals surface area (Å²) < 4.78 is 10.9. The number of fused-ring (bicyclic) bond motifs is 3. The summed E-state index contributed by atoms with van der Waals surface area (Å²) in [6.07, 6.45) is -1.20. The van der Waals surface area contributed by atoms with Crippen LogP contribution in [0.1, 0.15) is 50.7 Å². The van der Waals surface area contributed by atoms with Crippen molar-refractivity contribution in [1.82, 2.24) is 10.6 Å². The van der Waals surface area contributed by atoms with Gasteiger partial charge in [0.25, 0.3) is 0 Å². The predicted octanol–water partition coefficient (Wildman–Crippen LogP) is 3.69. The first kappa shape index (κ1) is 25.2. The largest absolute Gasteiger partial charge is 0.481 e. The molecule has 0 aliphatic heterocycles. The molecule has 0 saturated carbocycles. The number of ether oxygens (including phenoxy) is 2. The van der Waals surface area contributed by atoms with Crippen molar-refractivity contribution in [3.8, 4) is 11.1 Å². The Morgan fingerprint density at radius 1 is 1.03 bits per heavy atom. The SMILES string of the molecule is CO[C@H](C)[C@H](NC(=O)OCC1c2ccccc2-c2ccccc21)C(=O)NC(C)(C)CCC(=O)O. The van der Waals surface area contributed by atoms with Gasteiger partial charge < -0.3 is 25.2 Å². The standard InChI is InChI=1S/C26H32N2O6/c1-16(33-4)23(24(31)28-26(2,3)14-13-22(29)30)27-25(32)34-15-21-19-11-7-5-9-17(19)18-10-6-8-12-20(18)21/h5-12,16,21,23H,13-15H2,1-4H3,(H,27,32)(H,28,31)(H,29,30)/t16-,23+/m1/s1. The molecule has 1 aliphatic carbocycles. The number of carbonyl (C=O) groups is 3. The average molecular weight is 469 g/mol. The fourth-order valence-corrected chi connectivity index (χ4v) is 4.19. The number of hydrogen-bond donors (Lipinski definition) is 3. The van der Waals surface area contributed by atoms with E-state index in [2.05, 4.69) is 22.8 Å². The Balaban J connectivity index is 1.66. The maximum Gasteiger partial charge on any atom is 0.407 e. The molecule has 182 valence electrons. The summed E-state index contributed by atoms with van der Waals surface area (Å²) in [6, 6.07) is 15.1. The van der Waals surface area contributed by atoms with Crippen molar-refractivity contribution in [2.75, 3.05) is 13.7 Å². The minimum Gasteiger partial charge on any atom is -0.481 e. The lowest BCUT2D eigenvalue weighted by molar-refractivity contribution is -0.138. The maximum absolute atomic E-state index is 12.9. The summed E-state index contributed by atoms with van der Waals surface area (Å²) in [4.78, 5) is 36.5. The summed E-state index contributed by atoms with van der Waals surface area (Å²) >= 11 is 0.